The van der Waals surface area contributed by atoms with Crippen LogP contribution in [0.4, 0.5) is 11.6 Å². The highest BCUT2D eigenvalue weighted by Gasteiger charge is 2.20. The first-order valence-corrected chi connectivity index (χ1v) is 7.80. The molecule has 1 N–H and O–H groups in total. The van der Waals surface area contributed by atoms with Crippen molar-refractivity contribution in [3.63, 3.8) is 0 Å². The van der Waals surface area contributed by atoms with Crippen LogP contribution >= 0.6 is 11.8 Å². The summed E-state index contributed by atoms with van der Waals surface area (Å²) in [6, 6.07) is 0. The molecule has 0 amide bonds. The molecule has 0 bridgehead atoms. The van der Waals surface area contributed by atoms with E-state index in [0.717, 1.165) is 42.9 Å². The van der Waals surface area contributed by atoms with Crippen molar-refractivity contribution in [2.75, 3.05) is 35.6 Å². The van der Waals surface area contributed by atoms with Crippen LogP contribution in [-0.4, -0.2) is 40.6 Å². The van der Waals surface area contributed by atoms with E-state index >= 15 is 0 Å². The lowest BCUT2D eigenvalue weighted by molar-refractivity contribution is 0.718. The van der Waals surface area contributed by atoms with Gasteiger partial charge in [0.05, 0.1) is 12.4 Å². The van der Waals surface area contributed by atoms with Crippen molar-refractivity contribution in [1.82, 2.24) is 9.97 Å². The van der Waals surface area contributed by atoms with Crippen molar-refractivity contribution in [3.05, 3.63) is 12.4 Å². The minimum Gasteiger partial charge on any atom is -0.369 e. The highest BCUT2D eigenvalue weighted by molar-refractivity contribution is 8.00. The minimum atomic E-state index is 0.729. The van der Waals surface area contributed by atoms with Gasteiger partial charge in [-0.2, -0.15) is 11.8 Å². The van der Waals surface area contributed by atoms with Gasteiger partial charge in [0, 0.05) is 30.6 Å². The van der Waals surface area contributed by atoms with Gasteiger partial charge in [0.25, 0.3) is 0 Å². The normalized spacial score (nSPS) is 19.9. The summed E-state index contributed by atoms with van der Waals surface area (Å²) in [5.74, 6) is 3.09. The van der Waals surface area contributed by atoms with E-state index in [-0.39, 0.29) is 0 Å². The quantitative estimate of drug-likeness (QED) is 0.887. The standard InChI is InChI=1S/C13H22N4S/c1-3-5-15-12-8-14-9-13(16-12)17-6-7-18-11(4-2)10-17/h8-9,11H,3-7,10H2,1-2H3,(H,15,16). The maximum atomic E-state index is 4.65. The Kier molecular flexibility index (Phi) is 5.11. The summed E-state index contributed by atoms with van der Waals surface area (Å²) in [5.41, 5.74) is 0. The molecule has 1 aliphatic heterocycles. The molecular formula is C13H22N4S. The molecule has 1 unspecified atom stereocenters. The Morgan fingerprint density at radius 1 is 1.44 bits per heavy atom. The van der Waals surface area contributed by atoms with E-state index in [1.54, 1.807) is 6.20 Å². The van der Waals surface area contributed by atoms with Crippen molar-refractivity contribution in [3.8, 4) is 0 Å². The number of rotatable bonds is 5. The van der Waals surface area contributed by atoms with E-state index in [4.69, 9.17) is 0 Å². The van der Waals surface area contributed by atoms with E-state index in [1.165, 1.54) is 12.2 Å². The van der Waals surface area contributed by atoms with Gasteiger partial charge in [0.1, 0.15) is 11.6 Å². The van der Waals surface area contributed by atoms with Crippen molar-refractivity contribution < 1.29 is 0 Å². The number of hydrogen-bond acceptors (Lipinski definition) is 5. The van der Waals surface area contributed by atoms with Crippen LogP contribution in [0.3, 0.4) is 0 Å². The third kappa shape index (κ3) is 3.51. The molecule has 5 heteroatoms. The summed E-state index contributed by atoms with van der Waals surface area (Å²) < 4.78 is 0. The van der Waals surface area contributed by atoms with Crippen LogP contribution in [0.5, 0.6) is 0 Å². The second-order valence-corrected chi connectivity index (χ2v) is 5.94. The lowest BCUT2D eigenvalue weighted by Gasteiger charge is -2.32. The summed E-state index contributed by atoms with van der Waals surface area (Å²) in [7, 11) is 0. The Morgan fingerprint density at radius 3 is 3.11 bits per heavy atom. The van der Waals surface area contributed by atoms with Crippen LogP contribution in [0.2, 0.25) is 0 Å². The molecule has 1 aromatic rings. The van der Waals surface area contributed by atoms with Crippen molar-refractivity contribution in [1.29, 1.82) is 0 Å². The van der Waals surface area contributed by atoms with Gasteiger partial charge < -0.3 is 10.2 Å². The number of thioether (sulfide) groups is 1. The molecular weight excluding hydrogens is 244 g/mol. The van der Waals surface area contributed by atoms with E-state index in [2.05, 4.69) is 45.8 Å². The highest BCUT2D eigenvalue weighted by atomic mass is 32.2. The fraction of sp³-hybridized carbons (Fsp3) is 0.692. The second-order valence-electron chi connectivity index (χ2n) is 4.54. The molecule has 0 radical (unpaired) electrons. The maximum Gasteiger partial charge on any atom is 0.149 e. The lowest BCUT2D eigenvalue weighted by Crippen LogP contribution is -2.38. The smallest absolute Gasteiger partial charge is 0.149 e. The second kappa shape index (κ2) is 6.83. The van der Waals surface area contributed by atoms with Gasteiger partial charge in [-0.1, -0.05) is 13.8 Å². The molecule has 0 aromatic carbocycles. The van der Waals surface area contributed by atoms with Gasteiger partial charge in [-0.05, 0) is 12.8 Å². The minimum absolute atomic E-state index is 0.729. The average Bonchev–Trinajstić information content (AvgIpc) is 2.45. The first-order valence-electron chi connectivity index (χ1n) is 6.76. The fourth-order valence-electron chi connectivity index (χ4n) is 2.02. The Balaban J connectivity index is 2.02. The van der Waals surface area contributed by atoms with Gasteiger partial charge in [-0.3, -0.25) is 4.98 Å². The Morgan fingerprint density at radius 2 is 2.33 bits per heavy atom. The van der Waals surface area contributed by atoms with Gasteiger partial charge >= 0.3 is 0 Å². The topological polar surface area (TPSA) is 41.1 Å². The first kappa shape index (κ1) is 13.5. The van der Waals surface area contributed by atoms with Crippen molar-refractivity contribution in [2.45, 2.75) is 31.9 Å². The summed E-state index contributed by atoms with van der Waals surface area (Å²) in [4.78, 5) is 11.3. The molecule has 0 saturated carbocycles. The summed E-state index contributed by atoms with van der Waals surface area (Å²) in [5, 5.41) is 4.02. The molecule has 1 aromatic heterocycles. The molecule has 2 rings (SSSR count). The molecule has 1 atom stereocenters. The van der Waals surface area contributed by atoms with Crippen LogP contribution in [-0.2, 0) is 0 Å². The number of nitrogens with one attached hydrogen (secondary N) is 1. The predicted molar refractivity (Wildman–Crippen MR) is 79.6 cm³/mol. The molecule has 2 heterocycles. The molecule has 1 saturated heterocycles. The molecule has 0 spiro atoms. The average molecular weight is 266 g/mol. The zero-order valence-electron chi connectivity index (χ0n) is 11.2. The van der Waals surface area contributed by atoms with Crippen LogP contribution in [0.1, 0.15) is 26.7 Å². The number of anilines is 2. The van der Waals surface area contributed by atoms with Gasteiger partial charge in [0.15, 0.2) is 0 Å². The van der Waals surface area contributed by atoms with Crippen molar-refractivity contribution in [2.24, 2.45) is 0 Å². The Labute approximate surface area is 114 Å². The fourth-order valence-corrected chi connectivity index (χ4v) is 3.20. The monoisotopic (exact) mass is 266 g/mol. The van der Waals surface area contributed by atoms with Crippen LogP contribution in [0.15, 0.2) is 12.4 Å². The third-order valence-electron chi connectivity index (χ3n) is 3.10. The van der Waals surface area contributed by atoms with Crippen LogP contribution in [0, 0.1) is 0 Å². The van der Waals surface area contributed by atoms with E-state index in [0.29, 0.717) is 0 Å². The SMILES string of the molecule is CCCNc1cncc(N2CCSC(CC)C2)n1. The van der Waals surface area contributed by atoms with Gasteiger partial charge in [-0.25, -0.2) is 4.98 Å². The molecule has 0 aliphatic carbocycles. The zero-order valence-corrected chi connectivity index (χ0v) is 12.0. The molecule has 1 fully saturated rings. The summed E-state index contributed by atoms with van der Waals surface area (Å²) in [6.07, 6.45) is 6.00. The molecule has 18 heavy (non-hydrogen) atoms. The predicted octanol–water partition coefficient (Wildman–Crippen LogP) is 2.63. The largest absolute Gasteiger partial charge is 0.369 e. The number of aromatic nitrogens is 2. The number of hydrogen-bond donors (Lipinski definition) is 1. The third-order valence-corrected chi connectivity index (χ3v) is 4.47. The lowest BCUT2D eigenvalue weighted by atomic mass is 10.3. The Bertz CT molecular complexity index is 372. The van der Waals surface area contributed by atoms with Gasteiger partial charge in [0.2, 0.25) is 0 Å². The first-order chi connectivity index (χ1) is 8.83. The molecule has 100 valence electrons. The number of nitrogens with zero attached hydrogens (tertiary/aromatic N) is 3. The molecule has 4 nitrogen and oxygen atoms in total. The van der Waals surface area contributed by atoms with E-state index < -0.39 is 0 Å². The Hall–Kier alpha value is -0.970. The highest BCUT2D eigenvalue weighted by Crippen LogP contribution is 2.24. The van der Waals surface area contributed by atoms with Crippen LogP contribution in [0.25, 0.3) is 0 Å². The van der Waals surface area contributed by atoms with Crippen molar-refractivity contribution >= 4 is 23.4 Å². The van der Waals surface area contributed by atoms with Crippen LogP contribution < -0.4 is 10.2 Å². The van der Waals surface area contributed by atoms with Gasteiger partial charge in [-0.15, -0.1) is 0 Å². The molecule has 1 aliphatic rings. The summed E-state index contributed by atoms with van der Waals surface area (Å²) in [6.45, 7) is 7.52. The maximum absolute atomic E-state index is 4.65. The van der Waals surface area contributed by atoms with E-state index in [9.17, 15) is 0 Å². The van der Waals surface area contributed by atoms with E-state index in [1.807, 2.05) is 6.20 Å². The summed E-state index contributed by atoms with van der Waals surface area (Å²) >= 11 is 2.07. The zero-order chi connectivity index (χ0) is 12.8.